The van der Waals surface area contributed by atoms with E-state index in [-0.39, 0.29) is 5.91 Å². The van der Waals surface area contributed by atoms with Gasteiger partial charge in [-0.1, -0.05) is 32.9 Å². The number of nitrogens with one attached hydrogen (secondary N) is 2. The number of hydrogen-bond donors (Lipinski definition) is 2. The van der Waals surface area contributed by atoms with E-state index in [0.717, 1.165) is 17.9 Å². The van der Waals surface area contributed by atoms with Gasteiger partial charge in [-0.25, -0.2) is 0 Å². The summed E-state index contributed by atoms with van der Waals surface area (Å²) in [5, 5.41) is 5.89. The van der Waals surface area contributed by atoms with Crippen LogP contribution in [0.25, 0.3) is 0 Å². The lowest BCUT2D eigenvalue weighted by atomic mass is 10.0. The summed E-state index contributed by atoms with van der Waals surface area (Å²) < 4.78 is 5.33. The molecule has 0 spiro atoms. The van der Waals surface area contributed by atoms with Gasteiger partial charge >= 0.3 is 0 Å². The lowest BCUT2D eigenvalue weighted by molar-refractivity contribution is -0.120. The van der Waals surface area contributed by atoms with Gasteiger partial charge in [-0.05, 0) is 24.1 Å². The molecule has 0 unspecified atom stereocenters. The van der Waals surface area contributed by atoms with Crippen LogP contribution in [0.4, 0.5) is 0 Å². The van der Waals surface area contributed by atoms with E-state index in [1.54, 1.807) is 7.11 Å². The van der Waals surface area contributed by atoms with Crippen LogP contribution in [0.2, 0.25) is 0 Å². The van der Waals surface area contributed by atoms with E-state index in [2.05, 4.69) is 36.6 Å². The molecule has 0 aliphatic rings. The van der Waals surface area contributed by atoms with E-state index in [4.69, 9.17) is 4.74 Å². The molecule has 1 aromatic carbocycles. The van der Waals surface area contributed by atoms with Crippen molar-refractivity contribution in [3.8, 4) is 5.75 Å². The monoisotopic (exact) mass is 264 g/mol. The highest BCUT2D eigenvalue weighted by Crippen LogP contribution is 2.23. The first-order valence-electron chi connectivity index (χ1n) is 6.72. The SMILES string of the molecule is CCNCC(=O)NCc1cc(C(C)C)ccc1OC. The molecule has 1 rings (SSSR count). The number of hydrogen-bond acceptors (Lipinski definition) is 3. The number of rotatable bonds is 7. The number of carbonyl (C=O) groups is 1. The molecule has 0 bridgehead atoms. The quantitative estimate of drug-likeness (QED) is 0.792. The summed E-state index contributed by atoms with van der Waals surface area (Å²) in [4.78, 5) is 11.6. The van der Waals surface area contributed by atoms with E-state index in [1.807, 2.05) is 13.0 Å². The number of likely N-dealkylation sites (N-methyl/N-ethyl adjacent to an activating group) is 1. The van der Waals surface area contributed by atoms with Crippen LogP contribution in [0.1, 0.15) is 37.8 Å². The number of ether oxygens (including phenoxy) is 1. The normalized spacial score (nSPS) is 10.6. The van der Waals surface area contributed by atoms with Crippen molar-refractivity contribution < 1.29 is 9.53 Å². The number of carbonyl (C=O) groups excluding carboxylic acids is 1. The topological polar surface area (TPSA) is 50.4 Å². The summed E-state index contributed by atoms with van der Waals surface area (Å²) in [5.41, 5.74) is 2.26. The van der Waals surface area contributed by atoms with E-state index >= 15 is 0 Å². The zero-order chi connectivity index (χ0) is 14.3. The fourth-order valence-electron chi connectivity index (χ4n) is 1.79. The minimum Gasteiger partial charge on any atom is -0.496 e. The molecule has 0 heterocycles. The maximum absolute atomic E-state index is 11.6. The van der Waals surface area contributed by atoms with Gasteiger partial charge in [0.25, 0.3) is 0 Å². The van der Waals surface area contributed by atoms with Crippen molar-refractivity contribution >= 4 is 5.91 Å². The number of benzene rings is 1. The van der Waals surface area contributed by atoms with Gasteiger partial charge in [-0.2, -0.15) is 0 Å². The molecule has 0 aliphatic heterocycles. The Balaban J connectivity index is 2.69. The molecule has 0 radical (unpaired) electrons. The van der Waals surface area contributed by atoms with Gasteiger partial charge in [-0.3, -0.25) is 4.79 Å². The Hall–Kier alpha value is -1.55. The van der Waals surface area contributed by atoms with Crippen LogP contribution in [-0.2, 0) is 11.3 Å². The van der Waals surface area contributed by atoms with E-state index in [9.17, 15) is 4.79 Å². The van der Waals surface area contributed by atoms with Crippen molar-refractivity contribution in [1.82, 2.24) is 10.6 Å². The Morgan fingerprint density at radius 3 is 2.68 bits per heavy atom. The summed E-state index contributed by atoms with van der Waals surface area (Å²) in [5.74, 6) is 1.27. The molecule has 2 N–H and O–H groups in total. The molecule has 0 saturated carbocycles. The second-order valence-corrected chi connectivity index (χ2v) is 4.78. The predicted octanol–water partition coefficient (Wildman–Crippen LogP) is 2.04. The minimum atomic E-state index is -0.00106. The van der Waals surface area contributed by atoms with Gasteiger partial charge in [0.15, 0.2) is 0 Å². The lowest BCUT2D eigenvalue weighted by Crippen LogP contribution is -2.33. The van der Waals surface area contributed by atoms with Crippen LogP contribution in [0.15, 0.2) is 18.2 Å². The fourth-order valence-corrected chi connectivity index (χ4v) is 1.79. The third kappa shape index (κ3) is 4.91. The van der Waals surface area contributed by atoms with Crippen LogP contribution < -0.4 is 15.4 Å². The third-order valence-corrected chi connectivity index (χ3v) is 2.98. The second kappa shape index (κ2) is 7.79. The molecule has 4 nitrogen and oxygen atoms in total. The molecular formula is C15H24N2O2. The smallest absolute Gasteiger partial charge is 0.234 e. The van der Waals surface area contributed by atoms with E-state index in [1.165, 1.54) is 5.56 Å². The van der Waals surface area contributed by atoms with Crippen LogP contribution in [0, 0.1) is 0 Å². The van der Waals surface area contributed by atoms with Gasteiger partial charge in [0.05, 0.1) is 13.7 Å². The Kier molecular flexibility index (Phi) is 6.36. The van der Waals surface area contributed by atoms with Crippen molar-refractivity contribution in [2.75, 3.05) is 20.2 Å². The first-order chi connectivity index (χ1) is 9.08. The minimum absolute atomic E-state index is 0.00106. The Bertz CT molecular complexity index is 417. The fraction of sp³-hybridized carbons (Fsp3) is 0.533. The van der Waals surface area contributed by atoms with Crippen molar-refractivity contribution in [3.63, 3.8) is 0 Å². The van der Waals surface area contributed by atoms with Crippen LogP contribution in [0.3, 0.4) is 0 Å². The van der Waals surface area contributed by atoms with Crippen molar-refractivity contribution in [2.45, 2.75) is 33.2 Å². The molecule has 106 valence electrons. The summed E-state index contributed by atoms with van der Waals surface area (Å²) in [7, 11) is 1.65. The van der Waals surface area contributed by atoms with Crippen LogP contribution in [-0.4, -0.2) is 26.1 Å². The molecule has 0 fully saturated rings. The standard InChI is InChI=1S/C15H24N2O2/c1-5-16-10-15(18)17-9-13-8-12(11(2)3)6-7-14(13)19-4/h6-8,11,16H,5,9-10H2,1-4H3,(H,17,18). The molecule has 1 amide bonds. The van der Waals surface area contributed by atoms with Gasteiger partial charge in [0, 0.05) is 12.1 Å². The largest absolute Gasteiger partial charge is 0.496 e. The third-order valence-electron chi connectivity index (χ3n) is 2.98. The predicted molar refractivity (Wildman–Crippen MR) is 77.5 cm³/mol. The number of methoxy groups -OCH3 is 1. The molecule has 0 saturated heterocycles. The average Bonchev–Trinajstić information content (AvgIpc) is 2.42. The summed E-state index contributed by atoms with van der Waals surface area (Å²) in [6.07, 6.45) is 0. The van der Waals surface area contributed by atoms with Gasteiger partial charge < -0.3 is 15.4 Å². The molecule has 0 aliphatic carbocycles. The molecule has 19 heavy (non-hydrogen) atoms. The number of amides is 1. The highest BCUT2D eigenvalue weighted by atomic mass is 16.5. The molecular weight excluding hydrogens is 240 g/mol. The molecule has 4 heteroatoms. The van der Waals surface area contributed by atoms with Crippen molar-refractivity contribution in [1.29, 1.82) is 0 Å². The first kappa shape index (κ1) is 15.5. The van der Waals surface area contributed by atoms with E-state index in [0.29, 0.717) is 19.0 Å². The zero-order valence-corrected chi connectivity index (χ0v) is 12.2. The zero-order valence-electron chi connectivity index (χ0n) is 12.2. The van der Waals surface area contributed by atoms with Crippen LogP contribution >= 0.6 is 0 Å². The van der Waals surface area contributed by atoms with Crippen molar-refractivity contribution in [2.24, 2.45) is 0 Å². The highest BCUT2D eigenvalue weighted by molar-refractivity contribution is 5.78. The van der Waals surface area contributed by atoms with E-state index < -0.39 is 0 Å². The lowest BCUT2D eigenvalue weighted by Gasteiger charge is -2.13. The Labute approximate surface area is 115 Å². The molecule has 0 aromatic heterocycles. The Morgan fingerprint density at radius 2 is 2.11 bits per heavy atom. The Morgan fingerprint density at radius 1 is 1.37 bits per heavy atom. The first-order valence-corrected chi connectivity index (χ1v) is 6.72. The maximum Gasteiger partial charge on any atom is 0.234 e. The summed E-state index contributed by atoms with van der Waals surface area (Å²) >= 11 is 0. The molecule has 1 aromatic rings. The van der Waals surface area contributed by atoms with Gasteiger partial charge in [-0.15, -0.1) is 0 Å². The van der Waals surface area contributed by atoms with Crippen LogP contribution in [0.5, 0.6) is 5.75 Å². The maximum atomic E-state index is 11.6. The molecule has 0 atom stereocenters. The van der Waals surface area contributed by atoms with Gasteiger partial charge in [0.1, 0.15) is 5.75 Å². The van der Waals surface area contributed by atoms with Crippen molar-refractivity contribution in [3.05, 3.63) is 29.3 Å². The highest BCUT2D eigenvalue weighted by Gasteiger charge is 2.08. The summed E-state index contributed by atoms with van der Waals surface area (Å²) in [6, 6.07) is 6.12. The average molecular weight is 264 g/mol. The summed E-state index contributed by atoms with van der Waals surface area (Å²) in [6.45, 7) is 7.91. The second-order valence-electron chi connectivity index (χ2n) is 4.78. The van der Waals surface area contributed by atoms with Gasteiger partial charge in [0.2, 0.25) is 5.91 Å².